The molecule has 1 amide bonds. The second-order valence-corrected chi connectivity index (χ2v) is 4.38. The maximum atomic E-state index is 13.5. The van der Waals surface area contributed by atoms with E-state index in [2.05, 4.69) is 10.3 Å². The number of aromatic nitrogens is 1. The molecule has 104 valence electrons. The number of methoxy groups -OCH3 is 1. The van der Waals surface area contributed by atoms with E-state index >= 15 is 0 Å². The molecule has 1 heterocycles. The van der Waals surface area contributed by atoms with Gasteiger partial charge in [-0.3, -0.25) is 9.78 Å². The van der Waals surface area contributed by atoms with Gasteiger partial charge in [0.2, 0.25) is 5.91 Å². The van der Waals surface area contributed by atoms with Crippen LogP contribution in [0.5, 0.6) is 5.75 Å². The fourth-order valence-electron chi connectivity index (χ4n) is 1.83. The minimum Gasteiger partial charge on any atom is -0.494 e. The van der Waals surface area contributed by atoms with Gasteiger partial charge in [0.15, 0.2) is 11.6 Å². The van der Waals surface area contributed by atoms with Gasteiger partial charge in [-0.25, -0.2) is 4.39 Å². The van der Waals surface area contributed by atoms with Crippen LogP contribution in [0.2, 0.25) is 0 Å². The number of ether oxygens (including phenoxy) is 1. The minimum atomic E-state index is -0.474. The molecule has 0 fully saturated rings. The number of aryl methyl sites for hydroxylation is 1. The van der Waals surface area contributed by atoms with E-state index in [0.29, 0.717) is 11.3 Å². The Kier molecular flexibility index (Phi) is 4.30. The maximum Gasteiger partial charge on any atom is 0.228 e. The van der Waals surface area contributed by atoms with Gasteiger partial charge in [0.1, 0.15) is 0 Å². The first kappa shape index (κ1) is 14.0. The molecule has 0 spiro atoms. The van der Waals surface area contributed by atoms with Crippen molar-refractivity contribution in [2.24, 2.45) is 0 Å². The number of pyridine rings is 1. The number of anilines is 1. The van der Waals surface area contributed by atoms with Crippen molar-refractivity contribution >= 4 is 11.6 Å². The molecule has 0 saturated heterocycles. The second-order valence-electron chi connectivity index (χ2n) is 4.38. The topological polar surface area (TPSA) is 51.2 Å². The average Bonchev–Trinajstić information content (AvgIpc) is 2.38. The van der Waals surface area contributed by atoms with Crippen LogP contribution in [0.4, 0.5) is 10.1 Å². The third-order valence-corrected chi connectivity index (χ3v) is 2.76. The smallest absolute Gasteiger partial charge is 0.228 e. The van der Waals surface area contributed by atoms with Crippen molar-refractivity contribution in [2.75, 3.05) is 12.4 Å². The molecule has 0 aliphatic rings. The molecule has 5 heteroatoms. The molecule has 0 saturated carbocycles. The largest absolute Gasteiger partial charge is 0.494 e. The molecule has 20 heavy (non-hydrogen) atoms. The van der Waals surface area contributed by atoms with Gasteiger partial charge in [-0.2, -0.15) is 0 Å². The van der Waals surface area contributed by atoms with E-state index in [-0.39, 0.29) is 18.1 Å². The highest BCUT2D eigenvalue weighted by atomic mass is 19.1. The van der Waals surface area contributed by atoms with E-state index in [1.54, 1.807) is 24.4 Å². The zero-order chi connectivity index (χ0) is 14.5. The van der Waals surface area contributed by atoms with Crippen LogP contribution < -0.4 is 10.1 Å². The van der Waals surface area contributed by atoms with Crippen LogP contribution in [0.3, 0.4) is 0 Å². The lowest BCUT2D eigenvalue weighted by Gasteiger charge is -2.07. The quantitative estimate of drug-likeness (QED) is 0.932. The fourth-order valence-corrected chi connectivity index (χ4v) is 1.83. The van der Waals surface area contributed by atoms with Gasteiger partial charge in [-0.05, 0) is 36.8 Å². The molecule has 0 aliphatic heterocycles. The summed E-state index contributed by atoms with van der Waals surface area (Å²) in [6.07, 6.45) is 1.72. The van der Waals surface area contributed by atoms with Gasteiger partial charge >= 0.3 is 0 Å². The Morgan fingerprint density at radius 1 is 1.35 bits per heavy atom. The summed E-state index contributed by atoms with van der Waals surface area (Å²) in [5.74, 6) is -0.517. The standard InChI is InChI=1S/C15H15FN2O2/c1-10-7-12(5-6-17-10)18-15(19)9-11-3-4-14(20-2)13(16)8-11/h3-8H,9H2,1-2H3,(H,17,18,19). The van der Waals surface area contributed by atoms with Crippen molar-refractivity contribution < 1.29 is 13.9 Å². The lowest BCUT2D eigenvalue weighted by atomic mass is 10.1. The van der Waals surface area contributed by atoms with Crippen molar-refractivity contribution in [1.82, 2.24) is 4.98 Å². The number of carbonyl (C=O) groups is 1. The Hall–Kier alpha value is -2.43. The van der Waals surface area contributed by atoms with Crippen LogP contribution in [0, 0.1) is 12.7 Å². The number of carbonyl (C=O) groups excluding carboxylic acids is 1. The predicted molar refractivity (Wildman–Crippen MR) is 74.3 cm³/mol. The summed E-state index contributed by atoms with van der Waals surface area (Å²) >= 11 is 0. The summed E-state index contributed by atoms with van der Waals surface area (Å²) in [4.78, 5) is 15.9. The zero-order valence-corrected chi connectivity index (χ0v) is 11.3. The summed E-state index contributed by atoms with van der Waals surface area (Å²) < 4.78 is 18.3. The highest BCUT2D eigenvalue weighted by molar-refractivity contribution is 5.92. The molecule has 2 rings (SSSR count). The van der Waals surface area contributed by atoms with Crippen LogP contribution in [-0.2, 0) is 11.2 Å². The van der Waals surface area contributed by atoms with E-state index in [4.69, 9.17) is 4.74 Å². The van der Waals surface area contributed by atoms with E-state index in [1.165, 1.54) is 19.2 Å². The molecule has 0 radical (unpaired) electrons. The summed E-state index contributed by atoms with van der Waals surface area (Å²) in [6.45, 7) is 1.84. The third kappa shape index (κ3) is 3.54. The SMILES string of the molecule is COc1ccc(CC(=O)Nc2ccnc(C)c2)cc1F. The Morgan fingerprint density at radius 2 is 2.15 bits per heavy atom. The summed E-state index contributed by atoms with van der Waals surface area (Å²) in [7, 11) is 1.40. The molecule has 1 aromatic heterocycles. The zero-order valence-electron chi connectivity index (χ0n) is 11.3. The maximum absolute atomic E-state index is 13.5. The lowest BCUT2D eigenvalue weighted by molar-refractivity contribution is -0.115. The second kappa shape index (κ2) is 6.14. The number of amides is 1. The Morgan fingerprint density at radius 3 is 2.80 bits per heavy atom. The number of hydrogen-bond donors (Lipinski definition) is 1. The molecule has 0 aliphatic carbocycles. The van der Waals surface area contributed by atoms with Gasteiger partial charge < -0.3 is 10.1 Å². The minimum absolute atomic E-state index is 0.0995. The Labute approximate surface area is 116 Å². The molecule has 1 aromatic carbocycles. The van der Waals surface area contributed by atoms with E-state index in [1.807, 2.05) is 6.92 Å². The van der Waals surface area contributed by atoms with Gasteiger partial charge in [-0.1, -0.05) is 6.07 Å². The van der Waals surface area contributed by atoms with E-state index in [9.17, 15) is 9.18 Å². The molecule has 1 N–H and O–H groups in total. The monoisotopic (exact) mass is 274 g/mol. The summed E-state index contributed by atoms with van der Waals surface area (Å²) in [5, 5.41) is 2.75. The first-order chi connectivity index (χ1) is 9.58. The van der Waals surface area contributed by atoms with Crippen LogP contribution in [-0.4, -0.2) is 18.0 Å². The Balaban J connectivity index is 2.03. The summed E-state index contributed by atoms with van der Waals surface area (Å²) in [6, 6.07) is 7.95. The molecular formula is C15H15FN2O2. The van der Waals surface area contributed by atoms with Crippen molar-refractivity contribution in [2.45, 2.75) is 13.3 Å². The average molecular weight is 274 g/mol. The van der Waals surface area contributed by atoms with Crippen molar-refractivity contribution in [3.63, 3.8) is 0 Å². The molecular weight excluding hydrogens is 259 g/mol. The number of rotatable bonds is 4. The number of benzene rings is 1. The van der Waals surface area contributed by atoms with Crippen molar-refractivity contribution in [1.29, 1.82) is 0 Å². The van der Waals surface area contributed by atoms with Crippen LogP contribution in [0.15, 0.2) is 36.5 Å². The highest BCUT2D eigenvalue weighted by Crippen LogP contribution is 2.18. The number of hydrogen-bond acceptors (Lipinski definition) is 3. The van der Waals surface area contributed by atoms with Crippen LogP contribution in [0.25, 0.3) is 0 Å². The van der Waals surface area contributed by atoms with Gasteiger partial charge in [0.25, 0.3) is 0 Å². The first-order valence-corrected chi connectivity index (χ1v) is 6.13. The molecule has 0 unspecified atom stereocenters. The van der Waals surface area contributed by atoms with E-state index < -0.39 is 5.82 Å². The number of halogens is 1. The first-order valence-electron chi connectivity index (χ1n) is 6.13. The molecule has 0 atom stereocenters. The van der Waals surface area contributed by atoms with E-state index in [0.717, 1.165) is 5.69 Å². The highest BCUT2D eigenvalue weighted by Gasteiger charge is 2.08. The molecule has 2 aromatic rings. The molecule has 4 nitrogen and oxygen atoms in total. The van der Waals surface area contributed by atoms with Gasteiger partial charge in [-0.15, -0.1) is 0 Å². The van der Waals surface area contributed by atoms with Gasteiger partial charge in [0, 0.05) is 17.6 Å². The van der Waals surface area contributed by atoms with Gasteiger partial charge in [0.05, 0.1) is 13.5 Å². The number of nitrogens with zero attached hydrogens (tertiary/aromatic N) is 1. The van der Waals surface area contributed by atoms with Crippen LogP contribution >= 0.6 is 0 Å². The Bertz CT molecular complexity index is 629. The summed E-state index contributed by atoms with van der Waals surface area (Å²) in [5.41, 5.74) is 2.08. The predicted octanol–water partition coefficient (Wildman–Crippen LogP) is 2.72. The van der Waals surface area contributed by atoms with Crippen LogP contribution in [0.1, 0.15) is 11.3 Å². The lowest BCUT2D eigenvalue weighted by Crippen LogP contribution is -2.14. The van der Waals surface area contributed by atoms with Crippen molar-refractivity contribution in [3.8, 4) is 5.75 Å². The third-order valence-electron chi connectivity index (χ3n) is 2.76. The normalized spacial score (nSPS) is 10.2. The van der Waals surface area contributed by atoms with Crippen molar-refractivity contribution in [3.05, 3.63) is 53.6 Å². The fraction of sp³-hybridized carbons (Fsp3) is 0.200. The number of nitrogens with one attached hydrogen (secondary N) is 1. The molecule has 0 bridgehead atoms.